The molecule has 1 aromatic carbocycles. The number of amides is 2. The zero-order valence-electron chi connectivity index (χ0n) is 17.8. The molecule has 2 aromatic rings. The maximum absolute atomic E-state index is 13.5. The minimum atomic E-state index is -3.70. The Morgan fingerprint density at radius 3 is 2.62 bits per heavy atom. The summed E-state index contributed by atoms with van der Waals surface area (Å²) in [6.45, 7) is 0.276. The number of anilines is 2. The van der Waals surface area contributed by atoms with Crippen molar-refractivity contribution in [1.29, 1.82) is 0 Å². The number of urea groups is 1. The second-order valence-corrected chi connectivity index (χ2v) is 10.1. The third-order valence-electron chi connectivity index (χ3n) is 6.22. The number of nitrogens with two attached hydrogens (primary N) is 1. The normalized spacial score (nSPS) is 18.2. The fraction of sp³-hybridized carbons (Fsp3) is 0.524. The quantitative estimate of drug-likeness (QED) is 0.630. The summed E-state index contributed by atoms with van der Waals surface area (Å²) in [5.74, 6) is 0.341. The summed E-state index contributed by atoms with van der Waals surface area (Å²) in [7, 11) is -3.70. The first kappa shape index (κ1) is 21.2. The molecule has 2 aliphatic carbocycles. The van der Waals surface area contributed by atoms with Crippen molar-refractivity contribution in [3.63, 3.8) is 0 Å². The molecule has 4 N–H and O–H groups in total. The molecule has 0 spiro atoms. The van der Waals surface area contributed by atoms with Gasteiger partial charge in [-0.25, -0.2) is 23.2 Å². The highest BCUT2D eigenvalue weighted by molar-refractivity contribution is 7.92. The van der Waals surface area contributed by atoms with Gasteiger partial charge >= 0.3 is 6.03 Å². The Balaban J connectivity index is 1.51. The number of nitrogens with zero attached hydrogens (tertiary/aromatic N) is 3. The summed E-state index contributed by atoms with van der Waals surface area (Å²) in [5.41, 5.74) is 5.64. The third kappa shape index (κ3) is 3.73. The Morgan fingerprint density at radius 2 is 1.94 bits per heavy atom. The van der Waals surface area contributed by atoms with Gasteiger partial charge in [0.05, 0.1) is 6.61 Å². The number of benzene rings is 1. The molecule has 3 aliphatic rings. The number of hydrogen-bond acceptors (Lipinski definition) is 5. The fourth-order valence-corrected chi connectivity index (χ4v) is 6.10. The van der Waals surface area contributed by atoms with Crippen molar-refractivity contribution < 1.29 is 18.1 Å². The molecule has 1 unspecified atom stereocenters. The van der Waals surface area contributed by atoms with Crippen LogP contribution < -0.4 is 20.5 Å². The highest BCUT2D eigenvalue weighted by Gasteiger charge is 2.30. The molecule has 0 saturated heterocycles. The average molecular weight is 463 g/mol. The lowest BCUT2D eigenvalue weighted by atomic mass is 9.99. The van der Waals surface area contributed by atoms with Crippen LogP contribution in [0, 0.1) is 0 Å². The third-order valence-corrected chi connectivity index (χ3v) is 7.61. The second-order valence-electron chi connectivity index (χ2n) is 8.35. The molecular weight excluding hydrogens is 435 g/mol. The lowest BCUT2D eigenvalue weighted by Crippen LogP contribution is -2.22. The van der Waals surface area contributed by atoms with Crippen molar-refractivity contribution in [1.82, 2.24) is 9.78 Å². The van der Waals surface area contributed by atoms with Crippen molar-refractivity contribution in [2.24, 2.45) is 9.50 Å². The van der Waals surface area contributed by atoms with E-state index in [1.807, 2.05) is 0 Å². The fourth-order valence-electron chi connectivity index (χ4n) is 4.92. The minimum absolute atomic E-state index is 0.00400. The Bertz CT molecular complexity index is 1170. The van der Waals surface area contributed by atoms with Gasteiger partial charge in [0.15, 0.2) is 20.6 Å². The molecule has 0 fully saturated rings. The van der Waals surface area contributed by atoms with E-state index in [0.29, 0.717) is 13.2 Å². The van der Waals surface area contributed by atoms with E-state index >= 15 is 0 Å². The van der Waals surface area contributed by atoms with Gasteiger partial charge in [0, 0.05) is 25.2 Å². The number of alkyl halides is 1. The molecule has 11 heteroatoms. The molecule has 0 saturated carbocycles. The smallest absolute Gasteiger partial charge is 0.354 e. The van der Waals surface area contributed by atoms with Gasteiger partial charge in [-0.15, -0.1) is 4.36 Å². The van der Waals surface area contributed by atoms with E-state index in [9.17, 15) is 13.4 Å². The molecule has 172 valence electrons. The van der Waals surface area contributed by atoms with E-state index < -0.39 is 22.6 Å². The molecule has 1 aromatic heterocycles. The SMILES string of the molecule is NS(=O)(=NC(=O)Nc1c2c(cc3c1CCC3)CCC2)c1c(NCCF)nn2c1OCCC2. The van der Waals surface area contributed by atoms with Gasteiger partial charge in [0.2, 0.25) is 5.88 Å². The standard InChI is InChI=1S/C21H27FN6O3S/c22-8-9-24-19-18(20-28(26-19)10-3-11-31-20)32(23,30)27-21(29)25-17-15-6-1-4-13(15)12-14-5-2-7-16(14)17/h12H,1-11H2,(H,24,26)(H3,23,25,27,29,30). The summed E-state index contributed by atoms with van der Waals surface area (Å²) in [5, 5.41) is 16.1. The lowest BCUT2D eigenvalue weighted by molar-refractivity contribution is 0.224. The molecule has 9 nitrogen and oxygen atoms in total. The molecule has 1 aliphatic heterocycles. The van der Waals surface area contributed by atoms with Gasteiger partial charge in [-0.2, -0.15) is 5.10 Å². The van der Waals surface area contributed by atoms with E-state index in [-0.39, 0.29) is 23.1 Å². The first-order valence-corrected chi connectivity index (χ1v) is 12.6. The van der Waals surface area contributed by atoms with E-state index in [1.54, 1.807) is 0 Å². The molecule has 1 atom stereocenters. The maximum Gasteiger partial charge on any atom is 0.354 e. The van der Waals surface area contributed by atoms with E-state index in [0.717, 1.165) is 61.8 Å². The molecule has 0 bridgehead atoms. The van der Waals surface area contributed by atoms with E-state index in [1.165, 1.54) is 15.8 Å². The molecule has 2 heterocycles. The largest absolute Gasteiger partial charge is 0.477 e. The van der Waals surface area contributed by atoms with Crippen LogP contribution in [-0.4, -0.2) is 39.8 Å². The maximum atomic E-state index is 13.5. The second kappa shape index (κ2) is 8.36. The minimum Gasteiger partial charge on any atom is -0.477 e. The summed E-state index contributed by atoms with van der Waals surface area (Å²) >= 11 is 0. The Kier molecular flexibility index (Phi) is 5.54. The van der Waals surface area contributed by atoms with Crippen LogP contribution in [0.4, 0.5) is 20.7 Å². The van der Waals surface area contributed by atoms with Gasteiger partial charge in [-0.1, -0.05) is 6.07 Å². The van der Waals surface area contributed by atoms with Crippen LogP contribution in [0.3, 0.4) is 0 Å². The molecule has 2 amide bonds. The number of rotatable bonds is 5. The number of aryl methyl sites for hydroxylation is 3. The first-order valence-electron chi connectivity index (χ1n) is 11.0. The van der Waals surface area contributed by atoms with Gasteiger partial charge < -0.3 is 15.4 Å². The Morgan fingerprint density at radius 1 is 1.22 bits per heavy atom. The number of carbonyl (C=O) groups is 1. The Labute approximate surface area is 186 Å². The number of fused-ring (bicyclic) bond motifs is 3. The highest BCUT2D eigenvalue weighted by atomic mass is 32.2. The van der Waals surface area contributed by atoms with Gasteiger partial charge in [-0.3, -0.25) is 0 Å². The monoisotopic (exact) mass is 462 g/mol. The number of nitrogens with one attached hydrogen (secondary N) is 2. The van der Waals surface area contributed by atoms with Crippen LogP contribution in [0.25, 0.3) is 0 Å². The predicted molar refractivity (Wildman–Crippen MR) is 119 cm³/mol. The van der Waals surface area contributed by atoms with Crippen LogP contribution in [-0.2, 0) is 42.1 Å². The van der Waals surface area contributed by atoms with Crippen LogP contribution in [0.1, 0.15) is 41.5 Å². The topological polar surface area (TPSA) is 124 Å². The molecular formula is C21H27FN6O3S. The van der Waals surface area contributed by atoms with Crippen molar-refractivity contribution in [2.45, 2.75) is 56.4 Å². The Hall–Kier alpha value is -2.66. The number of ether oxygens (including phenoxy) is 1. The first-order chi connectivity index (χ1) is 15.5. The number of aromatic nitrogens is 2. The van der Waals surface area contributed by atoms with Gasteiger partial charge in [0.1, 0.15) is 6.67 Å². The number of halogens is 1. The molecule has 32 heavy (non-hydrogen) atoms. The van der Waals surface area contributed by atoms with Gasteiger partial charge in [0.25, 0.3) is 0 Å². The predicted octanol–water partition coefficient (Wildman–Crippen LogP) is 2.96. The van der Waals surface area contributed by atoms with Crippen molar-refractivity contribution in [3.05, 3.63) is 28.3 Å². The van der Waals surface area contributed by atoms with Crippen molar-refractivity contribution in [3.8, 4) is 5.88 Å². The number of carbonyl (C=O) groups excluding carboxylic acids is 1. The number of hydrogen-bond donors (Lipinski definition) is 3. The zero-order valence-corrected chi connectivity index (χ0v) is 18.6. The summed E-state index contributed by atoms with van der Waals surface area (Å²) < 4.78 is 37.2. The van der Waals surface area contributed by atoms with Gasteiger partial charge in [-0.05, 0) is 60.8 Å². The molecule has 5 rings (SSSR count). The van der Waals surface area contributed by atoms with Crippen LogP contribution in [0.5, 0.6) is 5.88 Å². The van der Waals surface area contributed by atoms with E-state index in [4.69, 9.17) is 9.88 Å². The van der Waals surface area contributed by atoms with Crippen molar-refractivity contribution in [2.75, 3.05) is 30.5 Å². The average Bonchev–Trinajstić information content (AvgIpc) is 3.49. The van der Waals surface area contributed by atoms with Crippen LogP contribution in [0.2, 0.25) is 0 Å². The molecule has 0 radical (unpaired) electrons. The highest BCUT2D eigenvalue weighted by Crippen LogP contribution is 2.39. The van der Waals surface area contributed by atoms with Crippen molar-refractivity contribution >= 4 is 27.5 Å². The summed E-state index contributed by atoms with van der Waals surface area (Å²) in [6, 6.07) is 1.50. The van der Waals surface area contributed by atoms with E-state index in [2.05, 4.69) is 26.2 Å². The van der Waals surface area contributed by atoms with Crippen LogP contribution >= 0.6 is 0 Å². The lowest BCUT2D eigenvalue weighted by Gasteiger charge is -2.16. The zero-order chi connectivity index (χ0) is 22.3. The van der Waals surface area contributed by atoms with Crippen LogP contribution in [0.15, 0.2) is 15.3 Å². The summed E-state index contributed by atoms with van der Waals surface area (Å²) in [4.78, 5) is 12.9. The summed E-state index contributed by atoms with van der Waals surface area (Å²) in [6.07, 6.45) is 6.63.